The highest BCUT2D eigenvalue weighted by Gasteiger charge is 2.26. The Kier molecular flexibility index (Phi) is 7.26. The first-order chi connectivity index (χ1) is 9.85. The van der Waals surface area contributed by atoms with Gasteiger partial charge in [-0.25, -0.2) is 0 Å². The molecule has 0 saturated heterocycles. The van der Waals surface area contributed by atoms with Crippen molar-refractivity contribution in [1.29, 1.82) is 0 Å². The van der Waals surface area contributed by atoms with Gasteiger partial charge in [-0.2, -0.15) is 11.8 Å². The average molecular weight is 309 g/mol. The SMILES string of the molecule is CSCC(C)(O)CNC(=O)C(Cc1ccccc1)C(C)C. The maximum atomic E-state index is 12.4. The molecule has 0 aliphatic heterocycles. The summed E-state index contributed by atoms with van der Waals surface area (Å²) in [5.41, 5.74) is 0.311. The Bertz CT molecular complexity index is 432. The Morgan fingerprint density at radius 2 is 1.95 bits per heavy atom. The number of hydrogen-bond acceptors (Lipinski definition) is 3. The molecule has 4 heteroatoms. The van der Waals surface area contributed by atoms with Crippen molar-refractivity contribution in [3.63, 3.8) is 0 Å². The highest BCUT2D eigenvalue weighted by Crippen LogP contribution is 2.18. The molecule has 0 aliphatic carbocycles. The highest BCUT2D eigenvalue weighted by molar-refractivity contribution is 7.98. The standard InChI is InChI=1S/C17H27NO2S/c1-13(2)15(10-14-8-6-5-7-9-14)16(19)18-11-17(3,20)12-21-4/h5-9,13,15,20H,10-12H2,1-4H3,(H,18,19). The second kappa shape index (κ2) is 8.44. The van der Waals surface area contributed by atoms with E-state index in [9.17, 15) is 9.90 Å². The third kappa shape index (κ3) is 6.53. The largest absolute Gasteiger partial charge is 0.387 e. The molecule has 1 amide bonds. The molecule has 3 nitrogen and oxygen atoms in total. The fraction of sp³-hybridized carbons (Fsp3) is 0.588. The Hall–Kier alpha value is -1.00. The van der Waals surface area contributed by atoms with Crippen molar-refractivity contribution in [1.82, 2.24) is 5.32 Å². The number of carbonyl (C=O) groups is 1. The fourth-order valence-corrected chi connectivity index (χ4v) is 2.99. The lowest BCUT2D eigenvalue weighted by atomic mass is 9.88. The normalized spacial score (nSPS) is 15.5. The second-order valence-corrected chi connectivity index (χ2v) is 7.05. The Labute approximate surface area is 132 Å². The molecule has 0 aliphatic rings. The van der Waals surface area contributed by atoms with Crippen molar-refractivity contribution in [2.24, 2.45) is 11.8 Å². The van der Waals surface area contributed by atoms with Crippen molar-refractivity contribution >= 4 is 17.7 Å². The van der Waals surface area contributed by atoms with Gasteiger partial charge in [-0.15, -0.1) is 0 Å². The molecule has 118 valence electrons. The van der Waals surface area contributed by atoms with E-state index in [0.29, 0.717) is 12.3 Å². The zero-order valence-corrected chi connectivity index (χ0v) is 14.2. The van der Waals surface area contributed by atoms with Gasteiger partial charge in [0.25, 0.3) is 0 Å². The topological polar surface area (TPSA) is 49.3 Å². The van der Waals surface area contributed by atoms with Gasteiger partial charge in [-0.3, -0.25) is 4.79 Å². The highest BCUT2D eigenvalue weighted by atomic mass is 32.2. The molecule has 2 unspecified atom stereocenters. The minimum atomic E-state index is -0.858. The average Bonchev–Trinajstić information content (AvgIpc) is 2.43. The summed E-state index contributed by atoms with van der Waals surface area (Å²) in [5.74, 6) is 0.821. The van der Waals surface area contributed by atoms with Gasteiger partial charge in [0, 0.05) is 18.2 Å². The molecule has 1 aromatic rings. The minimum Gasteiger partial charge on any atom is -0.387 e. The third-order valence-electron chi connectivity index (χ3n) is 3.54. The van der Waals surface area contributed by atoms with Gasteiger partial charge in [0.05, 0.1) is 5.60 Å². The first kappa shape index (κ1) is 18.1. The van der Waals surface area contributed by atoms with Gasteiger partial charge in [-0.1, -0.05) is 44.2 Å². The first-order valence-electron chi connectivity index (χ1n) is 7.38. The molecular weight excluding hydrogens is 282 g/mol. The van der Waals surface area contributed by atoms with Gasteiger partial charge >= 0.3 is 0 Å². The number of amides is 1. The van der Waals surface area contributed by atoms with Crippen LogP contribution in [0.3, 0.4) is 0 Å². The van der Waals surface area contributed by atoms with Crippen LogP contribution in [-0.2, 0) is 11.2 Å². The number of thioether (sulfide) groups is 1. The van der Waals surface area contributed by atoms with Crippen LogP contribution in [0.1, 0.15) is 26.3 Å². The molecular formula is C17H27NO2S. The Morgan fingerprint density at radius 1 is 1.33 bits per heavy atom. The molecule has 0 radical (unpaired) electrons. The number of benzene rings is 1. The summed E-state index contributed by atoms with van der Waals surface area (Å²) in [6, 6.07) is 10.1. The van der Waals surface area contributed by atoms with Crippen molar-refractivity contribution in [2.75, 3.05) is 18.6 Å². The molecule has 2 N–H and O–H groups in total. The van der Waals surface area contributed by atoms with Crippen LogP contribution in [0, 0.1) is 11.8 Å². The van der Waals surface area contributed by atoms with Gasteiger partial charge in [0.1, 0.15) is 0 Å². The minimum absolute atomic E-state index is 0.0234. The summed E-state index contributed by atoms with van der Waals surface area (Å²) < 4.78 is 0. The van der Waals surface area contributed by atoms with Crippen LogP contribution in [0.2, 0.25) is 0 Å². The number of aliphatic hydroxyl groups is 1. The van der Waals surface area contributed by atoms with Crippen molar-refractivity contribution in [3.8, 4) is 0 Å². The Morgan fingerprint density at radius 3 is 2.48 bits per heavy atom. The molecule has 0 heterocycles. The Balaban J connectivity index is 2.62. The summed E-state index contributed by atoms with van der Waals surface area (Å²) in [6.07, 6.45) is 2.68. The number of nitrogens with one attached hydrogen (secondary N) is 1. The number of carbonyl (C=O) groups excluding carboxylic acids is 1. The van der Waals surface area contributed by atoms with E-state index in [1.807, 2.05) is 36.6 Å². The van der Waals surface area contributed by atoms with Crippen LogP contribution in [0.25, 0.3) is 0 Å². The summed E-state index contributed by atoms with van der Waals surface area (Å²) in [4.78, 5) is 12.4. The zero-order valence-electron chi connectivity index (χ0n) is 13.4. The molecule has 1 rings (SSSR count). The lowest BCUT2D eigenvalue weighted by Crippen LogP contribution is -2.45. The zero-order chi connectivity index (χ0) is 15.9. The van der Waals surface area contributed by atoms with Crippen molar-refractivity contribution in [3.05, 3.63) is 35.9 Å². The van der Waals surface area contributed by atoms with Crippen LogP contribution in [0.5, 0.6) is 0 Å². The first-order valence-corrected chi connectivity index (χ1v) is 8.78. The summed E-state index contributed by atoms with van der Waals surface area (Å²) in [6.45, 7) is 6.18. The van der Waals surface area contributed by atoms with Gasteiger partial charge in [0.15, 0.2) is 0 Å². The van der Waals surface area contributed by atoms with E-state index in [1.54, 1.807) is 18.7 Å². The molecule has 0 aromatic heterocycles. The molecule has 2 atom stereocenters. The molecule has 21 heavy (non-hydrogen) atoms. The van der Waals surface area contributed by atoms with Gasteiger partial charge < -0.3 is 10.4 Å². The van der Waals surface area contributed by atoms with Crippen molar-refractivity contribution in [2.45, 2.75) is 32.8 Å². The van der Waals surface area contributed by atoms with E-state index < -0.39 is 5.60 Å². The van der Waals surface area contributed by atoms with E-state index in [-0.39, 0.29) is 17.7 Å². The van der Waals surface area contributed by atoms with Crippen LogP contribution < -0.4 is 5.32 Å². The lowest BCUT2D eigenvalue weighted by Gasteiger charge is -2.26. The smallest absolute Gasteiger partial charge is 0.223 e. The molecule has 0 spiro atoms. The lowest BCUT2D eigenvalue weighted by molar-refractivity contribution is -0.127. The van der Waals surface area contributed by atoms with Gasteiger partial charge in [-0.05, 0) is 31.1 Å². The van der Waals surface area contributed by atoms with Gasteiger partial charge in [0.2, 0.25) is 5.91 Å². The van der Waals surface area contributed by atoms with E-state index in [2.05, 4.69) is 19.2 Å². The maximum absolute atomic E-state index is 12.4. The summed E-state index contributed by atoms with van der Waals surface area (Å²) in [5, 5.41) is 13.0. The monoisotopic (exact) mass is 309 g/mol. The van der Waals surface area contributed by atoms with Crippen LogP contribution >= 0.6 is 11.8 Å². The predicted molar refractivity (Wildman–Crippen MR) is 90.5 cm³/mol. The number of hydrogen-bond donors (Lipinski definition) is 2. The number of rotatable bonds is 8. The van der Waals surface area contributed by atoms with E-state index in [1.165, 1.54) is 5.56 Å². The summed E-state index contributed by atoms with van der Waals surface area (Å²) in [7, 11) is 0. The van der Waals surface area contributed by atoms with E-state index in [0.717, 1.165) is 6.42 Å². The van der Waals surface area contributed by atoms with Crippen molar-refractivity contribution < 1.29 is 9.90 Å². The van der Waals surface area contributed by atoms with Crippen LogP contribution in [0.4, 0.5) is 0 Å². The molecule has 1 aromatic carbocycles. The molecule has 0 saturated carbocycles. The van der Waals surface area contributed by atoms with E-state index in [4.69, 9.17) is 0 Å². The second-order valence-electron chi connectivity index (χ2n) is 6.19. The molecule has 0 fully saturated rings. The molecule has 0 bridgehead atoms. The maximum Gasteiger partial charge on any atom is 0.223 e. The fourth-order valence-electron chi connectivity index (χ4n) is 2.27. The van der Waals surface area contributed by atoms with Crippen LogP contribution in [0.15, 0.2) is 30.3 Å². The van der Waals surface area contributed by atoms with Crippen LogP contribution in [-0.4, -0.2) is 35.2 Å². The van der Waals surface area contributed by atoms with E-state index >= 15 is 0 Å². The summed E-state index contributed by atoms with van der Waals surface area (Å²) >= 11 is 1.58. The quantitative estimate of drug-likeness (QED) is 0.776. The third-order valence-corrected chi connectivity index (χ3v) is 4.45. The predicted octanol–water partition coefficient (Wildman–Crippen LogP) is 2.73.